The quantitative estimate of drug-likeness (QED) is 0.853. The topological polar surface area (TPSA) is 78.6 Å². The Morgan fingerprint density at radius 3 is 2.80 bits per heavy atom. The summed E-state index contributed by atoms with van der Waals surface area (Å²) >= 11 is 0. The molecule has 0 radical (unpaired) electrons. The summed E-state index contributed by atoms with van der Waals surface area (Å²) in [7, 11) is 0. The van der Waals surface area contributed by atoms with Crippen LogP contribution in [-0.4, -0.2) is 46.8 Å². The van der Waals surface area contributed by atoms with Crippen LogP contribution >= 0.6 is 0 Å². The number of hydrogen-bond donors (Lipinski definition) is 2. The number of aromatic nitrogens is 1. The number of nitrogens with one attached hydrogen (secondary N) is 1. The van der Waals surface area contributed by atoms with Crippen LogP contribution in [0, 0.1) is 12.8 Å². The van der Waals surface area contributed by atoms with E-state index in [2.05, 4.69) is 15.4 Å². The summed E-state index contributed by atoms with van der Waals surface area (Å²) in [4.78, 5) is 14.5. The Labute approximate surface area is 119 Å². The third-order valence-electron chi connectivity index (χ3n) is 3.92. The maximum atomic E-state index is 12.3. The fraction of sp³-hybridized carbons (Fsp3) is 0.714. The van der Waals surface area contributed by atoms with Crippen molar-refractivity contribution in [1.29, 1.82) is 0 Å². The Morgan fingerprint density at radius 1 is 1.60 bits per heavy atom. The normalized spacial score (nSPS) is 18.9. The number of nitrogens with zero attached hydrogens (tertiary/aromatic N) is 2. The molecule has 6 heteroatoms. The molecule has 1 atom stereocenters. The van der Waals surface area contributed by atoms with Gasteiger partial charge >= 0.3 is 0 Å². The van der Waals surface area contributed by atoms with Crippen molar-refractivity contribution in [2.24, 2.45) is 5.92 Å². The number of aryl methyl sites for hydroxylation is 1. The zero-order valence-corrected chi connectivity index (χ0v) is 12.1. The highest BCUT2D eigenvalue weighted by atomic mass is 16.5. The monoisotopic (exact) mass is 281 g/mol. The molecule has 0 saturated carbocycles. The van der Waals surface area contributed by atoms with Crippen LogP contribution in [0.5, 0.6) is 0 Å². The van der Waals surface area contributed by atoms with Gasteiger partial charge in [-0.3, -0.25) is 9.69 Å². The highest BCUT2D eigenvalue weighted by Gasteiger charge is 2.28. The molecule has 2 rings (SSSR count). The molecule has 1 saturated heterocycles. The molecule has 1 fully saturated rings. The maximum Gasteiger partial charge on any atom is 0.242 e. The first kappa shape index (κ1) is 15.0. The number of carbonyl (C=O) groups excluding carboxylic acids is 1. The number of rotatable bonds is 5. The molecule has 1 aromatic heterocycles. The van der Waals surface area contributed by atoms with Gasteiger partial charge in [0.1, 0.15) is 5.76 Å². The smallest absolute Gasteiger partial charge is 0.242 e. The SMILES string of the molecule is CCC(C(=O)Nc1cc(C)on1)N1CCC(CO)CC1. The molecular weight excluding hydrogens is 258 g/mol. The Bertz CT molecular complexity index is 439. The number of piperidine rings is 1. The van der Waals surface area contributed by atoms with Gasteiger partial charge in [-0.1, -0.05) is 12.1 Å². The van der Waals surface area contributed by atoms with E-state index in [1.807, 2.05) is 6.92 Å². The fourth-order valence-electron chi connectivity index (χ4n) is 2.69. The van der Waals surface area contributed by atoms with Crippen LogP contribution in [0.3, 0.4) is 0 Å². The van der Waals surface area contributed by atoms with Gasteiger partial charge in [-0.05, 0) is 45.2 Å². The molecule has 20 heavy (non-hydrogen) atoms. The number of aliphatic hydroxyl groups excluding tert-OH is 1. The zero-order chi connectivity index (χ0) is 14.5. The minimum Gasteiger partial charge on any atom is -0.396 e. The first-order chi connectivity index (χ1) is 9.63. The second-order valence-corrected chi connectivity index (χ2v) is 5.40. The molecule has 1 aliphatic rings. The number of anilines is 1. The van der Waals surface area contributed by atoms with Crippen LogP contribution in [0.1, 0.15) is 31.9 Å². The summed E-state index contributed by atoms with van der Waals surface area (Å²) in [6, 6.07) is 1.56. The predicted octanol–water partition coefficient (Wildman–Crippen LogP) is 1.40. The molecule has 112 valence electrons. The summed E-state index contributed by atoms with van der Waals surface area (Å²) in [6.45, 7) is 5.76. The van der Waals surface area contributed by atoms with Crippen LogP contribution in [0.15, 0.2) is 10.6 Å². The van der Waals surface area contributed by atoms with Crippen LogP contribution in [0.4, 0.5) is 5.82 Å². The molecule has 1 aromatic rings. The Balaban J connectivity index is 1.92. The van der Waals surface area contributed by atoms with Gasteiger partial charge in [0, 0.05) is 12.7 Å². The van der Waals surface area contributed by atoms with Crippen LogP contribution in [0.25, 0.3) is 0 Å². The largest absolute Gasteiger partial charge is 0.396 e. The highest BCUT2D eigenvalue weighted by molar-refractivity contribution is 5.93. The Hall–Kier alpha value is -1.40. The van der Waals surface area contributed by atoms with E-state index < -0.39 is 0 Å². The van der Waals surface area contributed by atoms with Crippen molar-refractivity contribution in [2.45, 2.75) is 39.2 Å². The average Bonchev–Trinajstić information content (AvgIpc) is 2.85. The van der Waals surface area contributed by atoms with E-state index in [1.165, 1.54) is 0 Å². The Kier molecular flexibility index (Phi) is 5.14. The summed E-state index contributed by atoms with van der Waals surface area (Å²) in [5.41, 5.74) is 0. The van der Waals surface area contributed by atoms with Crippen molar-refractivity contribution in [3.05, 3.63) is 11.8 Å². The number of hydrogen-bond acceptors (Lipinski definition) is 5. The second kappa shape index (κ2) is 6.85. The van der Waals surface area contributed by atoms with E-state index in [0.717, 1.165) is 32.4 Å². The number of aliphatic hydroxyl groups is 1. The highest BCUT2D eigenvalue weighted by Crippen LogP contribution is 2.20. The lowest BCUT2D eigenvalue weighted by Gasteiger charge is -2.35. The van der Waals surface area contributed by atoms with Gasteiger partial charge in [-0.2, -0.15) is 0 Å². The van der Waals surface area contributed by atoms with Crippen molar-refractivity contribution in [2.75, 3.05) is 25.0 Å². The van der Waals surface area contributed by atoms with Crippen molar-refractivity contribution < 1.29 is 14.4 Å². The van der Waals surface area contributed by atoms with Crippen molar-refractivity contribution in [1.82, 2.24) is 10.1 Å². The van der Waals surface area contributed by atoms with E-state index in [-0.39, 0.29) is 18.6 Å². The molecular formula is C14H23N3O3. The Morgan fingerprint density at radius 2 is 2.30 bits per heavy atom. The second-order valence-electron chi connectivity index (χ2n) is 5.40. The van der Waals surface area contributed by atoms with E-state index >= 15 is 0 Å². The first-order valence-corrected chi connectivity index (χ1v) is 7.23. The van der Waals surface area contributed by atoms with E-state index in [0.29, 0.717) is 17.5 Å². The lowest BCUT2D eigenvalue weighted by atomic mass is 9.96. The molecule has 1 unspecified atom stereocenters. The van der Waals surface area contributed by atoms with Gasteiger partial charge in [-0.15, -0.1) is 0 Å². The summed E-state index contributed by atoms with van der Waals surface area (Å²) in [5.74, 6) is 1.49. The fourth-order valence-corrected chi connectivity index (χ4v) is 2.69. The van der Waals surface area contributed by atoms with Crippen LogP contribution < -0.4 is 5.32 Å². The van der Waals surface area contributed by atoms with Crippen molar-refractivity contribution in [3.8, 4) is 0 Å². The third kappa shape index (κ3) is 3.58. The summed E-state index contributed by atoms with van der Waals surface area (Å²) in [5, 5.41) is 15.7. The van der Waals surface area contributed by atoms with Gasteiger partial charge in [0.25, 0.3) is 0 Å². The molecule has 0 aromatic carbocycles. The van der Waals surface area contributed by atoms with Gasteiger partial charge in [0.05, 0.1) is 6.04 Å². The van der Waals surface area contributed by atoms with E-state index in [1.54, 1.807) is 13.0 Å². The van der Waals surface area contributed by atoms with Gasteiger partial charge in [-0.25, -0.2) is 0 Å². The molecule has 0 bridgehead atoms. The van der Waals surface area contributed by atoms with Gasteiger partial charge in [0.15, 0.2) is 5.82 Å². The van der Waals surface area contributed by atoms with Crippen molar-refractivity contribution >= 4 is 11.7 Å². The minimum atomic E-state index is -0.147. The van der Waals surface area contributed by atoms with E-state index in [4.69, 9.17) is 9.63 Å². The molecule has 2 N–H and O–H groups in total. The average molecular weight is 281 g/mol. The summed E-state index contributed by atoms with van der Waals surface area (Å²) < 4.78 is 4.95. The standard InChI is InChI=1S/C14H23N3O3/c1-3-12(17-6-4-11(9-18)5-7-17)14(19)15-13-8-10(2)20-16-13/h8,11-12,18H,3-7,9H2,1-2H3,(H,15,16,19). The number of amides is 1. The van der Waals surface area contributed by atoms with E-state index in [9.17, 15) is 4.79 Å². The lowest BCUT2D eigenvalue weighted by Crippen LogP contribution is -2.47. The van der Waals surface area contributed by atoms with Crippen LogP contribution in [0.2, 0.25) is 0 Å². The molecule has 2 heterocycles. The minimum absolute atomic E-state index is 0.0387. The molecule has 6 nitrogen and oxygen atoms in total. The first-order valence-electron chi connectivity index (χ1n) is 7.23. The van der Waals surface area contributed by atoms with Crippen molar-refractivity contribution in [3.63, 3.8) is 0 Å². The maximum absolute atomic E-state index is 12.3. The summed E-state index contributed by atoms with van der Waals surface area (Å²) in [6.07, 6.45) is 2.65. The predicted molar refractivity (Wildman–Crippen MR) is 75.3 cm³/mol. The molecule has 0 aliphatic carbocycles. The zero-order valence-electron chi connectivity index (χ0n) is 12.1. The van der Waals surface area contributed by atoms with Crippen LogP contribution in [-0.2, 0) is 4.79 Å². The molecule has 0 spiro atoms. The number of carbonyl (C=O) groups is 1. The lowest BCUT2D eigenvalue weighted by molar-refractivity contribution is -0.122. The molecule has 1 amide bonds. The van der Waals surface area contributed by atoms with Gasteiger partial charge in [0.2, 0.25) is 5.91 Å². The number of likely N-dealkylation sites (tertiary alicyclic amines) is 1. The third-order valence-corrected chi connectivity index (χ3v) is 3.92. The van der Waals surface area contributed by atoms with Gasteiger partial charge < -0.3 is 14.9 Å². The molecule has 1 aliphatic heterocycles.